The molecule has 2 aliphatic heterocycles. The highest BCUT2D eigenvalue weighted by Gasteiger charge is 2.13. The molecule has 2 N–H and O–H groups in total. The number of aliphatic imine (C=N–C) groups is 2. The molecule has 1 aromatic rings. The van der Waals surface area contributed by atoms with Crippen LogP contribution >= 0.6 is 0 Å². The number of benzene rings is 1. The van der Waals surface area contributed by atoms with Gasteiger partial charge in [-0.15, -0.1) is 0 Å². The van der Waals surface area contributed by atoms with E-state index in [0.717, 1.165) is 19.8 Å². The fourth-order valence-electron chi connectivity index (χ4n) is 1.60. The van der Waals surface area contributed by atoms with Gasteiger partial charge < -0.3 is 19.7 Å². The van der Waals surface area contributed by atoms with Crippen molar-refractivity contribution in [1.82, 2.24) is 0 Å². The zero-order valence-corrected chi connectivity index (χ0v) is 17.0. The van der Waals surface area contributed by atoms with Gasteiger partial charge in [-0.05, 0) is 38.8 Å². The molecule has 30 heavy (non-hydrogen) atoms. The van der Waals surface area contributed by atoms with Gasteiger partial charge in [0, 0.05) is 18.4 Å². The molecule has 10 heteroatoms. The van der Waals surface area contributed by atoms with Crippen molar-refractivity contribution in [2.45, 2.75) is 45.6 Å². The van der Waals surface area contributed by atoms with Crippen LogP contribution in [-0.2, 0) is 28.7 Å². The lowest BCUT2D eigenvalue weighted by Crippen LogP contribution is -1.97. The number of nitrogens with zero attached hydrogens (tertiary/aromatic N) is 2. The maximum Gasteiger partial charge on any atom is 0.303 e. The molecule has 0 radical (unpaired) electrons. The van der Waals surface area contributed by atoms with E-state index >= 15 is 0 Å². The maximum atomic E-state index is 10.00. The molecule has 0 amide bonds. The molecular formula is C20H26N2O8. The maximum absolute atomic E-state index is 10.00. The van der Waals surface area contributed by atoms with Gasteiger partial charge in [-0.1, -0.05) is 6.07 Å². The second-order valence-electron chi connectivity index (χ2n) is 6.08. The van der Waals surface area contributed by atoms with Crippen LogP contribution in [0, 0.1) is 6.92 Å². The van der Waals surface area contributed by atoms with Crippen LogP contribution < -0.4 is 0 Å². The Bertz CT molecular complexity index is 707. The summed E-state index contributed by atoms with van der Waals surface area (Å²) in [5.74, 6) is -1.74. The first-order valence-electron chi connectivity index (χ1n) is 9.20. The summed E-state index contributed by atoms with van der Waals surface area (Å²) < 4.78 is 9.21. The van der Waals surface area contributed by atoms with Gasteiger partial charge in [-0.2, -0.15) is 9.98 Å². The molecule has 3 rings (SSSR count). The van der Waals surface area contributed by atoms with Crippen LogP contribution in [0.15, 0.2) is 28.2 Å². The predicted octanol–water partition coefficient (Wildman–Crippen LogP) is 3.07. The third kappa shape index (κ3) is 18.2. The van der Waals surface area contributed by atoms with Crippen molar-refractivity contribution < 1.29 is 38.9 Å². The van der Waals surface area contributed by atoms with Gasteiger partial charge in [0.15, 0.2) is 0 Å². The molecule has 2 aliphatic rings. The first kappa shape index (κ1) is 26.8. The van der Waals surface area contributed by atoms with Crippen LogP contribution in [0.3, 0.4) is 0 Å². The molecule has 2 saturated heterocycles. The average Bonchev–Trinajstić information content (AvgIpc) is 3.58. The molecule has 2 fully saturated rings. The number of ether oxygens (including phenoxy) is 2. The van der Waals surface area contributed by atoms with Crippen molar-refractivity contribution in [3.05, 3.63) is 23.8 Å². The van der Waals surface area contributed by atoms with E-state index in [4.69, 9.17) is 14.9 Å². The molecule has 0 bridgehead atoms. The van der Waals surface area contributed by atoms with Gasteiger partial charge in [0.2, 0.25) is 12.2 Å². The van der Waals surface area contributed by atoms with Crippen molar-refractivity contribution in [3.63, 3.8) is 0 Å². The molecule has 0 aliphatic carbocycles. The Labute approximate surface area is 174 Å². The SMILES string of the molecule is C1CO1.CC1CO1.Cc1c(N=C=O)cccc1N=C=O.O=C(O)CCCCC(=O)O. The third-order valence-corrected chi connectivity index (χ3v) is 3.34. The van der Waals surface area contributed by atoms with E-state index in [1.165, 1.54) is 12.2 Å². The number of epoxide rings is 2. The zero-order chi connectivity index (χ0) is 22.8. The van der Waals surface area contributed by atoms with E-state index in [0.29, 0.717) is 35.9 Å². The highest BCUT2D eigenvalue weighted by atomic mass is 16.6. The first-order chi connectivity index (χ1) is 14.3. The number of hydrogen-bond donors (Lipinski definition) is 2. The lowest BCUT2D eigenvalue weighted by atomic mass is 10.1. The van der Waals surface area contributed by atoms with Crippen molar-refractivity contribution in [3.8, 4) is 0 Å². The summed E-state index contributed by atoms with van der Waals surface area (Å²) in [6.07, 6.45) is 4.46. The van der Waals surface area contributed by atoms with Crippen LogP contribution in [0.1, 0.15) is 38.2 Å². The smallest absolute Gasteiger partial charge is 0.303 e. The van der Waals surface area contributed by atoms with E-state index in [9.17, 15) is 19.2 Å². The van der Waals surface area contributed by atoms with Crippen molar-refractivity contribution in [2.75, 3.05) is 19.8 Å². The van der Waals surface area contributed by atoms with Gasteiger partial charge in [-0.3, -0.25) is 9.59 Å². The van der Waals surface area contributed by atoms with Gasteiger partial charge in [-0.25, -0.2) is 9.59 Å². The minimum atomic E-state index is -0.870. The Balaban J connectivity index is 0.000000429. The summed E-state index contributed by atoms with van der Waals surface area (Å²) in [5.41, 5.74) is 1.59. The number of isocyanates is 2. The highest BCUT2D eigenvalue weighted by Crippen LogP contribution is 2.26. The Morgan fingerprint density at radius 3 is 1.63 bits per heavy atom. The van der Waals surface area contributed by atoms with Gasteiger partial charge >= 0.3 is 11.9 Å². The monoisotopic (exact) mass is 422 g/mol. The second-order valence-corrected chi connectivity index (χ2v) is 6.08. The fraction of sp³-hybridized carbons (Fsp3) is 0.500. The summed E-state index contributed by atoms with van der Waals surface area (Å²) in [6.45, 7) is 6.76. The lowest BCUT2D eigenvalue weighted by molar-refractivity contribution is -0.139. The number of aliphatic carboxylic acids is 2. The van der Waals surface area contributed by atoms with Crippen LogP contribution in [0.5, 0.6) is 0 Å². The van der Waals surface area contributed by atoms with Crippen LogP contribution in [-0.4, -0.2) is 60.2 Å². The lowest BCUT2D eigenvalue weighted by Gasteiger charge is -1.99. The molecule has 1 unspecified atom stereocenters. The Morgan fingerprint density at radius 2 is 1.40 bits per heavy atom. The summed E-state index contributed by atoms with van der Waals surface area (Å²) in [7, 11) is 0. The minimum Gasteiger partial charge on any atom is -0.481 e. The molecular weight excluding hydrogens is 396 g/mol. The molecule has 1 atom stereocenters. The number of hydrogen-bond acceptors (Lipinski definition) is 8. The van der Waals surface area contributed by atoms with E-state index in [1.54, 1.807) is 25.1 Å². The quantitative estimate of drug-likeness (QED) is 0.293. The van der Waals surface area contributed by atoms with Gasteiger partial charge in [0.1, 0.15) is 0 Å². The fourth-order valence-corrected chi connectivity index (χ4v) is 1.60. The van der Waals surface area contributed by atoms with Crippen molar-refractivity contribution >= 4 is 35.5 Å². The van der Waals surface area contributed by atoms with Crippen LogP contribution in [0.25, 0.3) is 0 Å². The summed E-state index contributed by atoms with van der Waals surface area (Å²) in [6, 6.07) is 4.94. The van der Waals surface area contributed by atoms with E-state index < -0.39 is 11.9 Å². The standard InChI is InChI=1S/C9H6N2O2.C6H10O4.C3H6O.C2H4O/c1-7-8(10-5-12)3-2-4-9(7)11-6-13;7-5(8)3-1-2-4-6(9)10;1-3-2-4-3;1-2-3-1/h2-4H,1H3;1-4H2,(H,7,8)(H,9,10);3H,2H2,1H3;1-2H2. The number of carboxylic acids is 2. The normalized spacial score (nSPS) is 14.4. The molecule has 1 aromatic carbocycles. The average molecular weight is 422 g/mol. The summed E-state index contributed by atoms with van der Waals surface area (Å²) in [5, 5.41) is 16.3. The number of carbonyl (C=O) groups excluding carboxylic acids is 2. The third-order valence-electron chi connectivity index (χ3n) is 3.34. The summed E-state index contributed by atoms with van der Waals surface area (Å²) >= 11 is 0. The second kappa shape index (κ2) is 16.8. The van der Waals surface area contributed by atoms with E-state index in [1.807, 2.05) is 0 Å². The van der Waals surface area contributed by atoms with E-state index in [2.05, 4.69) is 21.6 Å². The Hall–Kier alpha value is -3.16. The molecule has 10 nitrogen and oxygen atoms in total. The molecule has 2 heterocycles. The van der Waals surface area contributed by atoms with E-state index in [-0.39, 0.29) is 12.8 Å². The Morgan fingerprint density at radius 1 is 1.03 bits per heavy atom. The van der Waals surface area contributed by atoms with Crippen molar-refractivity contribution in [2.24, 2.45) is 9.98 Å². The predicted molar refractivity (Wildman–Crippen MR) is 107 cm³/mol. The number of rotatable bonds is 7. The number of unbranched alkanes of at least 4 members (excludes halogenated alkanes) is 1. The number of carbonyl (C=O) groups is 2. The highest BCUT2D eigenvalue weighted by molar-refractivity contribution is 5.68. The van der Waals surface area contributed by atoms with Gasteiger partial charge in [0.05, 0.1) is 37.3 Å². The molecule has 0 spiro atoms. The largest absolute Gasteiger partial charge is 0.481 e. The van der Waals surface area contributed by atoms with Crippen LogP contribution in [0.2, 0.25) is 0 Å². The molecule has 0 aromatic heterocycles. The minimum absolute atomic E-state index is 0.0628. The topological polar surface area (TPSA) is 159 Å². The summed E-state index contributed by atoms with van der Waals surface area (Å²) in [4.78, 5) is 46.7. The zero-order valence-electron chi connectivity index (χ0n) is 17.0. The van der Waals surface area contributed by atoms with Crippen LogP contribution in [0.4, 0.5) is 11.4 Å². The van der Waals surface area contributed by atoms with Crippen molar-refractivity contribution in [1.29, 1.82) is 0 Å². The Kier molecular flexibility index (Phi) is 15.0. The molecule has 164 valence electrons. The van der Waals surface area contributed by atoms with Gasteiger partial charge in [0.25, 0.3) is 0 Å². The first-order valence-corrected chi connectivity index (χ1v) is 9.20. The number of carboxylic acid groups (broad SMARTS) is 2. The molecule has 0 saturated carbocycles.